The molecule has 0 atom stereocenters. The highest BCUT2D eigenvalue weighted by atomic mass is 32.2. The van der Waals surface area contributed by atoms with E-state index in [2.05, 4.69) is 5.32 Å². The SMILES string of the molecule is O=C(NC1CCCC1)c1ccc(CS(=O)(=O)N2CCCC2)cc1. The lowest BCUT2D eigenvalue weighted by atomic mass is 10.1. The molecule has 0 bridgehead atoms. The Morgan fingerprint density at radius 3 is 2.26 bits per heavy atom. The molecule has 2 fully saturated rings. The Hall–Kier alpha value is -1.40. The van der Waals surface area contributed by atoms with Crippen molar-refractivity contribution in [2.45, 2.75) is 50.3 Å². The molecule has 5 nitrogen and oxygen atoms in total. The maximum absolute atomic E-state index is 12.3. The zero-order chi connectivity index (χ0) is 16.3. The second-order valence-corrected chi connectivity index (χ2v) is 8.48. The lowest BCUT2D eigenvalue weighted by Gasteiger charge is -2.15. The van der Waals surface area contributed by atoms with E-state index in [9.17, 15) is 13.2 Å². The van der Waals surface area contributed by atoms with Crippen LogP contribution in [0.2, 0.25) is 0 Å². The van der Waals surface area contributed by atoms with E-state index in [0.717, 1.165) is 31.2 Å². The second kappa shape index (κ2) is 7.01. The zero-order valence-corrected chi connectivity index (χ0v) is 14.1. The minimum absolute atomic E-state index is 0.0114. The number of hydrogen-bond donors (Lipinski definition) is 1. The number of nitrogens with one attached hydrogen (secondary N) is 1. The third kappa shape index (κ3) is 4.12. The van der Waals surface area contributed by atoms with Crippen molar-refractivity contribution in [1.29, 1.82) is 0 Å². The Labute approximate surface area is 138 Å². The van der Waals surface area contributed by atoms with Crippen molar-refractivity contribution < 1.29 is 13.2 Å². The first kappa shape index (κ1) is 16.5. The summed E-state index contributed by atoms with van der Waals surface area (Å²) in [5.41, 5.74) is 1.33. The molecule has 0 spiro atoms. The lowest BCUT2D eigenvalue weighted by Crippen LogP contribution is -2.32. The van der Waals surface area contributed by atoms with Crippen molar-refractivity contribution in [3.63, 3.8) is 0 Å². The minimum Gasteiger partial charge on any atom is -0.349 e. The van der Waals surface area contributed by atoms with Crippen LogP contribution in [0, 0.1) is 0 Å². The summed E-state index contributed by atoms with van der Waals surface area (Å²) in [7, 11) is -3.23. The summed E-state index contributed by atoms with van der Waals surface area (Å²) in [6.07, 6.45) is 6.35. The largest absolute Gasteiger partial charge is 0.349 e. The number of benzene rings is 1. The van der Waals surface area contributed by atoms with Crippen LogP contribution in [0.4, 0.5) is 0 Å². The fourth-order valence-corrected chi connectivity index (χ4v) is 4.97. The van der Waals surface area contributed by atoms with Crippen LogP contribution < -0.4 is 5.32 Å². The number of rotatable bonds is 5. The lowest BCUT2D eigenvalue weighted by molar-refractivity contribution is 0.0938. The molecule has 126 valence electrons. The van der Waals surface area contributed by atoms with Gasteiger partial charge in [0.05, 0.1) is 5.75 Å². The summed E-state index contributed by atoms with van der Waals surface area (Å²) < 4.78 is 26.2. The molecule has 1 heterocycles. The average molecular weight is 336 g/mol. The summed E-state index contributed by atoms with van der Waals surface area (Å²) in [5.74, 6) is -0.0526. The maximum Gasteiger partial charge on any atom is 0.251 e. The number of carbonyl (C=O) groups excluding carboxylic acids is 1. The highest BCUT2D eigenvalue weighted by Crippen LogP contribution is 2.19. The van der Waals surface area contributed by atoms with E-state index in [-0.39, 0.29) is 17.7 Å². The summed E-state index contributed by atoms with van der Waals surface area (Å²) >= 11 is 0. The van der Waals surface area contributed by atoms with E-state index in [1.54, 1.807) is 28.6 Å². The number of sulfonamides is 1. The van der Waals surface area contributed by atoms with Gasteiger partial charge in [-0.3, -0.25) is 4.79 Å². The summed E-state index contributed by atoms with van der Waals surface area (Å²) in [5, 5.41) is 3.04. The molecule has 3 rings (SSSR count). The molecule has 1 amide bonds. The Morgan fingerprint density at radius 1 is 1.04 bits per heavy atom. The van der Waals surface area contributed by atoms with Gasteiger partial charge >= 0.3 is 0 Å². The van der Waals surface area contributed by atoms with E-state index in [1.165, 1.54) is 12.8 Å². The molecule has 1 aromatic rings. The molecular formula is C17H24N2O3S. The fraction of sp³-hybridized carbons (Fsp3) is 0.588. The van der Waals surface area contributed by atoms with Gasteiger partial charge in [0, 0.05) is 24.7 Å². The van der Waals surface area contributed by atoms with E-state index >= 15 is 0 Å². The number of hydrogen-bond acceptors (Lipinski definition) is 3. The standard InChI is InChI=1S/C17H24N2O3S/c20-17(18-16-5-1-2-6-16)15-9-7-14(8-10-15)13-23(21,22)19-11-3-4-12-19/h7-10,16H,1-6,11-13H2,(H,18,20). The van der Waals surface area contributed by atoms with Gasteiger partial charge in [0.25, 0.3) is 5.91 Å². The van der Waals surface area contributed by atoms with E-state index in [4.69, 9.17) is 0 Å². The first-order valence-corrected chi connectivity index (χ1v) is 10.0. The topological polar surface area (TPSA) is 66.5 Å². The molecule has 0 radical (unpaired) electrons. The van der Waals surface area contributed by atoms with Gasteiger partial charge in [-0.15, -0.1) is 0 Å². The van der Waals surface area contributed by atoms with Crippen LogP contribution in [-0.2, 0) is 15.8 Å². The maximum atomic E-state index is 12.3. The molecule has 2 aliphatic rings. The molecular weight excluding hydrogens is 312 g/mol. The Morgan fingerprint density at radius 2 is 1.65 bits per heavy atom. The van der Waals surface area contributed by atoms with Crippen LogP contribution >= 0.6 is 0 Å². The Balaban J connectivity index is 1.61. The van der Waals surface area contributed by atoms with Gasteiger partial charge < -0.3 is 5.32 Å². The number of nitrogens with zero attached hydrogens (tertiary/aromatic N) is 1. The van der Waals surface area contributed by atoms with Crippen molar-refractivity contribution in [1.82, 2.24) is 9.62 Å². The second-order valence-electron chi connectivity index (χ2n) is 6.51. The van der Waals surface area contributed by atoms with Gasteiger partial charge in [0.1, 0.15) is 0 Å². The zero-order valence-electron chi connectivity index (χ0n) is 13.3. The predicted molar refractivity (Wildman–Crippen MR) is 89.6 cm³/mol. The highest BCUT2D eigenvalue weighted by Gasteiger charge is 2.25. The highest BCUT2D eigenvalue weighted by molar-refractivity contribution is 7.88. The molecule has 1 aromatic carbocycles. The van der Waals surface area contributed by atoms with E-state index < -0.39 is 10.0 Å². The van der Waals surface area contributed by atoms with Crippen molar-refractivity contribution in [2.24, 2.45) is 0 Å². The summed E-state index contributed by atoms with van der Waals surface area (Å²) in [6.45, 7) is 1.26. The molecule has 0 unspecified atom stereocenters. The molecule has 1 saturated heterocycles. The molecule has 23 heavy (non-hydrogen) atoms. The van der Waals surface area contributed by atoms with Crippen molar-refractivity contribution in [3.8, 4) is 0 Å². The molecule has 6 heteroatoms. The van der Waals surface area contributed by atoms with Crippen LogP contribution in [0.25, 0.3) is 0 Å². The van der Waals surface area contributed by atoms with Crippen LogP contribution in [0.1, 0.15) is 54.4 Å². The van der Waals surface area contributed by atoms with Gasteiger partial charge in [-0.1, -0.05) is 25.0 Å². The van der Waals surface area contributed by atoms with Crippen molar-refractivity contribution in [3.05, 3.63) is 35.4 Å². The average Bonchev–Trinajstić information content (AvgIpc) is 3.21. The van der Waals surface area contributed by atoms with Crippen LogP contribution in [0.15, 0.2) is 24.3 Å². The molecule has 1 N–H and O–H groups in total. The van der Waals surface area contributed by atoms with Gasteiger partial charge in [-0.25, -0.2) is 12.7 Å². The third-order valence-corrected chi connectivity index (χ3v) is 6.56. The normalized spacial score (nSPS) is 20.0. The summed E-state index contributed by atoms with van der Waals surface area (Å²) in [4.78, 5) is 12.2. The first-order chi connectivity index (χ1) is 11.0. The Bertz CT molecular complexity index is 643. The van der Waals surface area contributed by atoms with E-state index in [1.807, 2.05) is 0 Å². The van der Waals surface area contributed by atoms with Gasteiger partial charge in [-0.05, 0) is 43.4 Å². The quantitative estimate of drug-likeness (QED) is 0.897. The van der Waals surface area contributed by atoms with Crippen LogP contribution in [-0.4, -0.2) is 37.8 Å². The predicted octanol–water partition coefficient (Wildman–Crippen LogP) is 2.28. The number of amides is 1. The van der Waals surface area contributed by atoms with Gasteiger partial charge in [-0.2, -0.15) is 0 Å². The Kier molecular flexibility index (Phi) is 5.02. The fourth-order valence-electron chi connectivity index (χ4n) is 3.36. The van der Waals surface area contributed by atoms with Crippen molar-refractivity contribution in [2.75, 3.05) is 13.1 Å². The van der Waals surface area contributed by atoms with Crippen molar-refractivity contribution >= 4 is 15.9 Å². The molecule has 0 aromatic heterocycles. The smallest absolute Gasteiger partial charge is 0.251 e. The van der Waals surface area contributed by atoms with E-state index in [0.29, 0.717) is 18.7 Å². The molecule has 1 aliphatic heterocycles. The monoisotopic (exact) mass is 336 g/mol. The number of carbonyl (C=O) groups is 1. The molecule has 1 aliphatic carbocycles. The third-order valence-electron chi connectivity index (χ3n) is 4.71. The van der Waals surface area contributed by atoms with Crippen LogP contribution in [0.5, 0.6) is 0 Å². The summed E-state index contributed by atoms with van der Waals surface area (Å²) in [6, 6.07) is 7.23. The molecule has 1 saturated carbocycles. The first-order valence-electron chi connectivity index (χ1n) is 8.42. The van der Waals surface area contributed by atoms with Crippen LogP contribution in [0.3, 0.4) is 0 Å². The van der Waals surface area contributed by atoms with Gasteiger partial charge in [0.15, 0.2) is 0 Å². The van der Waals surface area contributed by atoms with Gasteiger partial charge in [0.2, 0.25) is 10.0 Å². The minimum atomic E-state index is -3.23.